The van der Waals surface area contributed by atoms with Crippen LogP contribution < -0.4 is 10.2 Å². The summed E-state index contributed by atoms with van der Waals surface area (Å²) in [6, 6.07) is 16.3. The first-order chi connectivity index (χ1) is 13.5. The summed E-state index contributed by atoms with van der Waals surface area (Å²) >= 11 is 0. The average Bonchev–Trinajstić information content (AvgIpc) is 2.97. The molecule has 2 atom stereocenters. The highest BCUT2D eigenvalue weighted by Crippen LogP contribution is 2.39. The van der Waals surface area contributed by atoms with E-state index in [1.165, 1.54) is 4.90 Å². The molecule has 1 heterocycles. The summed E-state index contributed by atoms with van der Waals surface area (Å²) in [6.45, 7) is 2.44. The summed E-state index contributed by atoms with van der Waals surface area (Å²) < 4.78 is 0. The van der Waals surface area contributed by atoms with Gasteiger partial charge in [-0.05, 0) is 49.6 Å². The third-order valence-electron chi connectivity index (χ3n) is 5.51. The third kappa shape index (κ3) is 3.36. The fourth-order valence-corrected chi connectivity index (χ4v) is 3.93. The topological polar surface area (TPSA) is 66.5 Å². The first-order valence-electron chi connectivity index (χ1n) is 9.50. The Morgan fingerprint density at radius 1 is 1.00 bits per heavy atom. The molecule has 1 saturated heterocycles. The molecular weight excluding hydrogens is 352 g/mol. The molecule has 1 fully saturated rings. The second-order valence-corrected chi connectivity index (χ2v) is 7.43. The van der Waals surface area contributed by atoms with E-state index in [4.69, 9.17) is 0 Å². The molecule has 0 unspecified atom stereocenters. The largest absolute Gasteiger partial charge is 0.348 e. The number of fused-ring (bicyclic) bond motifs is 1. The minimum atomic E-state index is -0.259. The van der Waals surface area contributed by atoms with Crippen LogP contribution in [0.3, 0.4) is 0 Å². The number of rotatable bonds is 4. The highest BCUT2D eigenvalue weighted by molar-refractivity contribution is 6.22. The fraction of sp³-hybridized carbons (Fsp3) is 0.261. The summed E-state index contributed by atoms with van der Waals surface area (Å²) in [5.74, 6) is -0.983. The lowest BCUT2D eigenvalue weighted by Crippen LogP contribution is -2.31. The molecule has 1 aliphatic carbocycles. The second-order valence-electron chi connectivity index (χ2n) is 7.43. The van der Waals surface area contributed by atoms with Crippen LogP contribution in [0, 0.1) is 11.8 Å². The van der Waals surface area contributed by atoms with Gasteiger partial charge in [0, 0.05) is 12.1 Å². The zero-order chi connectivity index (χ0) is 19.7. The molecular formula is C23H22N2O3. The van der Waals surface area contributed by atoms with Gasteiger partial charge in [0.25, 0.3) is 5.91 Å². The van der Waals surface area contributed by atoms with Crippen molar-refractivity contribution in [2.75, 3.05) is 4.90 Å². The molecule has 0 radical (unpaired) electrons. The van der Waals surface area contributed by atoms with Gasteiger partial charge in [-0.3, -0.25) is 19.3 Å². The summed E-state index contributed by atoms with van der Waals surface area (Å²) in [7, 11) is 0. The Labute approximate surface area is 164 Å². The summed E-state index contributed by atoms with van der Waals surface area (Å²) in [6.07, 6.45) is 3.32. The van der Waals surface area contributed by atoms with Crippen LogP contribution >= 0.6 is 0 Å². The zero-order valence-corrected chi connectivity index (χ0v) is 15.7. The van der Waals surface area contributed by atoms with Crippen molar-refractivity contribution in [1.29, 1.82) is 0 Å². The van der Waals surface area contributed by atoms with Crippen LogP contribution in [-0.2, 0) is 16.1 Å². The molecule has 0 bridgehead atoms. The number of hydrogen-bond acceptors (Lipinski definition) is 3. The van der Waals surface area contributed by atoms with Gasteiger partial charge in [0.1, 0.15) is 0 Å². The Morgan fingerprint density at radius 3 is 2.39 bits per heavy atom. The van der Waals surface area contributed by atoms with E-state index in [-0.39, 0.29) is 29.6 Å². The molecule has 0 spiro atoms. The molecule has 2 aromatic carbocycles. The van der Waals surface area contributed by atoms with Crippen molar-refractivity contribution >= 4 is 23.4 Å². The Hall–Kier alpha value is -3.21. The van der Waals surface area contributed by atoms with Crippen LogP contribution in [0.15, 0.2) is 66.2 Å². The molecule has 0 aromatic heterocycles. The van der Waals surface area contributed by atoms with Gasteiger partial charge >= 0.3 is 0 Å². The van der Waals surface area contributed by atoms with E-state index in [2.05, 4.69) is 11.4 Å². The molecule has 4 rings (SSSR count). The summed E-state index contributed by atoms with van der Waals surface area (Å²) in [5, 5.41) is 2.87. The van der Waals surface area contributed by atoms with Crippen molar-refractivity contribution in [2.24, 2.45) is 11.8 Å². The molecule has 142 valence electrons. The molecule has 28 heavy (non-hydrogen) atoms. The average molecular weight is 374 g/mol. The SMILES string of the molecule is CC1=CC[C@H]2C(=O)N(c3ccc(C(=O)NCc4ccccc4)cc3)C(=O)[C@H]2C1. The minimum absolute atomic E-state index is 0.135. The smallest absolute Gasteiger partial charge is 0.251 e. The van der Waals surface area contributed by atoms with Crippen molar-refractivity contribution < 1.29 is 14.4 Å². The first-order valence-corrected chi connectivity index (χ1v) is 9.50. The Bertz CT molecular complexity index is 948. The molecule has 0 saturated carbocycles. The van der Waals surface area contributed by atoms with Gasteiger partial charge in [0.05, 0.1) is 17.5 Å². The van der Waals surface area contributed by atoms with E-state index in [0.29, 0.717) is 30.6 Å². The first kappa shape index (κ1) is 18.2. The number of amides is 3. The van der Waals surface area contributed by atoms with E-state index >= 15 is 0 Å². The van der Waals surface area contributed by atoms with Gasteiger partial charge in [-0.15, -0.1) is 0 Å². The van der Waals surface area contributed by atoms with Crippen LogP contribution in [0.5, 0.6) is 0 Å². The fourth-order valence-electron chi connectivity index (χ4n) is 3.93. The number of imide groups is 1. The monoisotopic (exact) mass is 374 g/mol. The Balaban J connectivity index is 1.45. The molecule has 5 heteroatoms. The molecule has 5 nitrogen and oxygen atoms in total. The van der Waals surface area contributed by atoms with E-state index in [0.717, 1.165) is 11.1 Å². The maximum atomic E-state index is 12.8. The van der Waals surface area contributed by atoms with E-state index in [1.54, 1.807) is 24.3 Å². The minimum Gasteiger partial charge on any atom is -0.348 e. The number of hydrogen-bond donors (Lipinski definition) is 1. The number of nitrogens with zero attached hydrogens (tertiary/aromatic N) is 1. The van der Waals surface area contributed by atoms with Gasteiger partial charge in [0.15, 0.2) is 0 Å². The highest BCUT2D eigenvalue weighted by atomic mass is 16.2. The third-order valence-corrected chi connectivity index (χ3v) is 5.51. The number of carbonyl (C=O) groups is 3. The lowest BCUT2D eigenvalue weighted by Gasteiger charge is -2.18. The van der Waals surface area contributed by atoms with E-state index < -0.39 is 0 Å². The normalized spacial score (nSPS) is 21.3. The summed E-state index contributed by atoms with van der Waals surface area (Å²) in [5.41, 5.74) is 3.21. The Morgan fingerprint density at radius 2 is 1.68 bits per heavy atom. The standard InChI is InChI=1S/C23H22N2O3/c1-15-7-12-19-20(13-15)23(28)25(22(19)27)18-10-8-17(9-11-18)21(26)24-14-16-5-3-2-4-6-16/h2-11,19-20H,12-14H2,1H3,(H,24,26)/t19-,20+/m1/s1. The molecule has 2 aromatic rings. The number of nitrogens with one attached hydrogen (secondary N) is 1. The Kier molecular flexibility index (Phi) is 4.82. The zero-order valence-electron chi connectivity index (χ0n) is 15.7. The predicted molar refractivity (Wildman–Crippen MR) is 107 cm³/mol. The number of carbonyl (C=O) groups excluding carboxylic acids is 3. The molecule has 1 N–H and O–H groups in total. The van der Waals surface area contributed by atoms with Gasteiger partial charge in [0.2, 0.25) is 11.8 Å². The van der Waals surface area contributed by atoms with Crippen LogP contribution in [0.25, 0.3) is 0 Å². The lowest BCUT2D eigenvalue weighted by atomic mass is 9.82. The van der Waals surface area contributed by atoms with Gasteiger partial charge in [-0.25, -0.2) is 0 Å². The number of allylic oxidation sites excluding steroid dienone is 2. The van der Waals surface area contributed by atoms with Gasteiger partial charge < -0.3 is 5.32 Å². The van der Waals surface area contributed by atoms with Gasteiger partial charge in [-0.2, -0.15) is 0 Å². The maximum absolute atomic E-state index is 12.8. The second kappa shape index (κ2) is 7.43. The maximum Gasteiger partial charge on any atom is 0.251 e. The van der Waals surface area contributed by atoms with Crippen LogP contribution in [-0.4, -0.2) is 17.7 Å². The van der Waals surface area contributed by atoms with Crippen molar-refractivity contribution in [3.8, 4) is 0 Å². The summed E-state index contributed by atoms with van der Waals surface area (Å²) in [4.78, 5) is 39.1. The predicted octanol–water partition coefficient (Wildman–Crippen LogP) is 3.46. The van der Waals surface area contributed by atoms with Crippen molar-refractivity contribution in [3.05, 3.63) is 77.4 Å². The molecule has 1 aliphatic heterocycles. The van der Waals surface area contributed by atoms with Crippen molar-refractivity contribution in [3.63, 3.8) is 0 Å². The van der Waals surface area contributed by atoms with Crippen LogP contribution in [0.1, 0.15) is 35.7 Å². The van der Waals surface area contributed by atoms with Crippen LogP contribution in [0.4, 0.5) is 5.69 Å². The molecule has 3 amide bonds. The quantitative estimate of drug-likeness (QED) is 0.658. The van der Waals surface area contributed by atoms with E-state index in [1.807, 2.05) is 37.3 Å². The van der Waals surface area contributed by atoms with Gasteiger partial charge in [-0.1, -0.05) is 42.0 Å². The van der Waals surface area contributed by atoms with Crippen LogP contribution in [0.2, 0.25) is 0 Å². The molecule has 2 aliphatic rings. The van der Waals surface area contributed by atoms with Crippen molar-refractivity contribution in [2.45, 2.75) is 26.3 Å². The lowest BCUT2D eigenvalue weighted by molar-refractivity contribution is -0.122. The highest BCUT2D eigenvalue weighted by Gasteiger charge is 2.48. The number of anilines is 1. The van der Waals surface area contributed by atoms with Crippen molar-refractivity contribution in [1.82, 2.24) is 5.32 Å². The van der Waals surface area contributed by atoms with E-state index in [9.17, 15) is 14.4 Å². The number of benzene rings is 2.